The summed E-state index contributed by atoms with van der Waals surface area (Å²) in [5, 5.41) is 12.3. The van der Waals surface area contributed by atoms with Crippen molar-refractivity contribution in [2.24, 2.45) is 0 Å². The fourth-order valence-electron chi connectivity index (χ4n) is 3.12. The summed E-state index contributed by atoms with van der Waals surface area (Å²) < 4.78 is 5.46. The van der Waals surface area contributed by atoms with Crippen LogP contribution in [0.3, 0.4) is 0 Å². The third-order valence-corrected chi connectivity index (χ3v) is 4.59. The number of carboxylic acid groups (broad SMARTS) is 1. The SMILES string of the molecule is CC[C@H](C)N1C(=O)c2ccccc2N[C@@H]1c1ccccc1OCC(=O)O. The number of nitrogens with one attached hydrogen (secondary N) is 1. The van der Waals surface area contributed by atoms with E-state index >= 15 is 0 Å². The molecule has 1 aliphatic heterocycles. The zero-order chi connectivity index (χ0) is 18.7. The van der Waals surface area contributed by atoms with Crippen LogP contribution in [0.25, 0.3) is 0 Å². The number of rotatable bonds is 6. The second-order valence-electron chi connectivity index (χ2n) is 6.28. The Morgan fingerprint density at radius 3 is 2.65 bits per heavy atom. The van der Waals surface area contributed by atoms with Gasteiger partial charge in [0.1, 0.15) is 11.9 Å². The van der Waals surface area contributed by atoms with E-state index in [1.54, 1.807) is 17.0 Å². The Balaban J connectivity index is 2.05. The summed E-state index contributed by atoms with van der Waals surface area (Å²) in [4.78, 5) is 25.8. The van der Waals surface area contributed by atoms with Crippen LogP contribution in [0.15, 0.2) is 48.5 Å². The Bertz CT molecular complexity index is 821. The smallest absolute Gasteiger partial charge is 0.341 e. The van der Waals surface area contributed by atoms with Crippen molar-refractivity contribution >= 4 is 17.6 Å². The highest BCUT2D eigenvalue weighted by molar-refractivity contribution is 6.02. The molecule has 1 amide bonds. The van der Waals surface area contributed by atoms with Gasteiger partial charge in [-0.05, 0) is 31.5 Å². The molecule has 1 heterocycles. The molecule has 2 aromatic rings. The Hall–Kier alpha value is -3.02. The average molecular weight is 354 g/mol. The molecule has 0 bridgehead atoms. The summed E-state index contributed by atoms with van der Waals surface area (Å²) >= 11 is 0. The largest absolute Gasteiger partial charge is 0.481 e. The van der Waals surface area contributed by atoms with E-state index in [-0.39, 0.29) is 11.9 Å². The Labute approximate surface area is 152 Å². The van der Waals surface area contributed by atoms with Crippen molar-refractivity contribution in [3.8, 4) is 5.75 Å². The monoisotopic (exact) mass is 354 g/mol. The number of para-hydroxylation sites is 2. The summed E-state index contributed by atoms with van der Waals surface area (Å²) in [7, 11) is 0. The van der Waals surface area contributed by atoms with Crippen molar-refractivity contribution < 1.29 is 19.4 Å². The van der Waals surface area contributed by atoms with Crippen LogP contribution in [0.2, 0.25) is 0 Å². The van der Waals surface area contributed by atoms with Gasteiger partial charge < -0.3 is 20.1 Å². The van der Waals surface area contributed by atoms with E-state index in [2.05, 4.69) is 5.32 Å². The lowest BCUT2D eigenvalue weighted by atomic mass is 10.0. The first-order valence-electron chi connectivity index (χ1n) is 8.64. The highest BCUT2D eigenvalue weighted by Crippen LogP contribution is 2.38. The quantitative estimate of drug-likeness (QED) is 0.830. The van der Waals surface area contributed by atoms with E-state index in [0.717, 1.165) is 17.7 Å². The molecule has 0 saturated carbocycles. The number of fused-ring (bicyclic) bond motifs is 1. The zero-order valence-corrected chi connectivity index (χ0v) is 14.8. The summed E-state index contributed by atoms with van der Waals surface area (Å²) in [5.74, 6) is -0.642. The molecular formula is C20H22N2O4. The van der Waals surface area contributed by atoms with E-state index in [9.17, 15) is 9.59 Å². The maximum absolute atomic E-state index is 13.1. The molecule has 0 spiro atoms. The third kappa shape index (κ3) is 3.35. The number of hydrogen-bond donors (Lipinski definition) is 2. The molecule has 6 heteroatoms. The van der Waals surface area contributed by atoms with E-state index in [0.29, 0.717) is 11.3 Å². The molecule has 0 unspecified atom stereocenters. The van der Waals surface area contributed by atoms with Crippen LogP contribution in [0.5, 0.6) is 5.75 Å². The van der Waals surface area contributed by atoms with Crippen LogP contribution in [0.1, 0.15) is 42.4 Å². The lowest BCUT2D eigenvalue weighted by molar-refractivity contribution is -0.139. The maximum Gasteiger partial charge on any atom is 0.341 e. The number of benzene rings is 2. The minimum atomic E-state index is -1.04. The summed E-state index contributed by atoms with van der Waals surface area (Å²) in [6.07, 6.45) is 0.363. The molecule has 2 aromatic carbocycles. The van der Waals surface area contributed by atoms with Crippen molar-refractivity contribution in [2.75, 3.05) is 11.9 Å². The first kappa shape index (κ1) is 17.8. The predicted molar refractivity (Wildman–Crippen MR) is 98.3 cm³/mol. The molecule has 26 heavy (non-hydrogen) atoms. The van der Waals surface area contributed by atoms with Gasteiger partial charge >= 0.3 is 5.97 Å². The van der Waals surface area contributed by atoms with Crippen molar-refractivity contribution in [3.63, 3.8) is 0 Å². The number of anilines is 1. The number of aliphatic carboxylic acids is 1. The predicted octanol–water partition coefficient (Wildman–Crippen LogP) is 3.52. The number of hydrogen-bond acceptors (Lipinski definition) is 4. The zero-order valence-electron chi connectivity index (χ0n) is 14.8. The van der Waals surface area contributed by atoms with Crippen LogP contribution in [-0.4, -0.2) is 34.5 Å². The average Bonchev–Trinajstić information content (AvgIpc) is 2.66. The molecule has 2 atom stereocenters. The Morgan fingerprint density at radius 2 is 1.92 bits per heavy atom. The molecule has 0 fully saturated rings. The van der Waals surface area contributed by atoms with Gasteiger partial charge in [-0.15, -0.1) is 0 Å². The molecule has 0 saturated heterocycles. The van der Waals surface area contributed by atoms with Gasteiger partial charge in [0.25, 0.3) is 5.91 Å². The van der Waals surface area contributed by atoms with Crippen molar-refractivity contribution in [2.45, 2.75) is 32.5 Å². The second-order valence-corrected chi connectivity index (χ2v) is 6.28. The van der Waals surface area contributed by atoms with Crippen molar-refractivity contribution in [1.29, 1.82) is 0 Å². The lowest BCUT2D eigenvalue weighted by Crippen LogP contribution is -2.47. The van der Waals surface area contributed by atoms with Gasteiger partial charge in [0.15, 0.2) is 6.61 Å². The van der Waals surface area contributed by atoms with Gasteiger partial charge in [-0.3, -0.25) is 4.79 Å². The molecular weight excluding hydrogens is 332 g/mol. The minimum Gasteiger partial charge on any atom is -0.481 e. The van der Waals surface area contributed by atoms with Crippen molar-refractivity contribution in [3.05, 3.63) is 59.7 Å². The molecule has 6 nitrogen and oxygen atoms in total. The van der Waals surface area contributed by atoms with E-state index in [1.165, 1.54) is 0 Å². The van der Waals surface area contributed by atoms with Gasteiger partial charge in [0.05, 0.1) is 5.56 Å². The Kier molecular flexibility index (Phi) is 5.11. The van der Waals surface area contributed by atoms with Gasteiger partial charge in [-0.1, -0.05) is 37.3 Å². The number of carbonyl (C=O) groups is 2. The number of ether oxygens (including phenoxy) is 1. The highest BCUT2D eigenvalue weighted by Gasteiger charge is 2.36. The molecule has 1 aliphatic rings. The molecule has 136 valence electrons. The van der Waals surface area contributed by atoms with E-state index < -0.39 is 18.7 Å². The highest BCUT2D eigenvalue weighted by atomic mass is 16.5. The van der Waals surface area contributed by atoms with Gasteiger partial charge in [-0.25, -0.2) is 4.79 Å². The molecule has 0 radical (unpaired) electrons. The second kappa shape index (κ2) is 7.47. The van der Waals surface area contributed by atoms with Crippen molar-refractivity contribution in [1.82, 2.24) is 4.90 Å². The lowest BCUT2D eigenvalue weighted by Gasteiger charge is -2.41. The van der Waals surface area contributed by atoms with Crippen LogP contribution < -0.4 is 10.1 Å². The summed E-state index contributed by atoms with van der Waals surface area (Å²) in [6, 6.07) is 14.6. The summed E-state index contributed by atoms with van der Waals surface area (Å²) in [5.41, 5.74) is 2.12. The third-order valence-electron chi connectivity index (χ3n) is 4.59. The van der Waals surface area contributed by atoms with E-state index in [4.69, 9.17) is 9.84 Å². The topological polar surface area (TPSA) is 78.9 Å². The number of carbonyl (C=O) groups excluding carboxylic acids is 1. The molecule has 2 N–H and O–H groups in total. The fraction of sp³-hybridized carbons (Fsp3) is 0.300. The van der Waals surface area contributed by atoms with Crippen LogP contribution in [0.4, 0.5) is 5.69 Å². The van der Waals surface area contributed by atoms with Crippen LogP contribution >= 0.6 is 0 Å². The maximum atomic E-state index is 13.1. The van der Waals surface area contributed by atoms with Gasteiger partial charge in [-0.2, -0.15) is 0 Å². The molecule has 0 aromatic heterocycles. The standard InChI is InChI=1S/C20H22N2O4/c1-3-13(2)22-19(21-16-10-6-4-8-14(16)20(22)25)15-9-5-7-11-17(15)26-12-18(23)24/h4-11,13,19,21H,3,12H2,1-2H3,(H,23,24)/t13-,19-/m0/s1. The molecule has 0 aliphatic carbocycles. The van der Waals surface area contributed by atoms with Gasteiger partial charge in [0, 0.05) is 17.3 Å². The minimum absolute atomic E-state index is 0.000820. The fourth-order valence-corrected chi connectivity index (χ4v) is 3.12. The summed E-state index contributed by atoms with van der Waals surface area (Å²) in [6.45, 7) is 3.60. The number of nitrogens with zero attached hydrogens (tertiary/aromatic N) is 1. The molecule has 3 rings (SSSR count). The Morgan fingerprint density at radius 1 is 1.23 bits per heavy atom. The number of amides is 1. The first-order chi connectivity index (χ1) is 12.5. The number of carboxylic acids is 1. The normalized spacial score (nSPS) is 17.2. The first-order valence-corrected chi connectivity index (χ1v) is 8.64. The van der Waals surface area contributed by atoms with E-state index in [1.807, 2.05) is 50.2 Å². The van der Waals surface area contributed by atoms with Crippen LogP contribution in [0, 0.1) is 0 Å². The van der Waals surface area contributed by atoms with Gasteiger partial charge in [0.2, 0.25) is 0 Å². The van der Waals surface area contributed by atoms with Crippen LogP contribution in [-0.2, 0) is 4.79 Å².